The van der Waals surface area contributed by atoms with Gasteiger partial charge in [0, 0.05) is 25.3 Å². The van der Waals surface area contributed by atoms with E-state index in [4.69, 9.17) is 4.74 Å². The topological polar surface area (TPSA) is 60.3 Å². The number of fused-ring (bicyclic) bond motifs is 1. The highest BCUT2D eigenvalue weighted by atomic mass is 16.5. The van der Waals surface area contributed by atoms with Crippen molar-refractivity contribution in [2.24, 2.45) is 0 Å². The number of aryl methyl sites for hydroxylation is 1. The molecule has 1 aromatic carbocycles. The monoisotopic (exact) mass is 300 g/mol. The van der Waals surface area contributed by atoms with Crippen LogP contribution in [0.1, 0.15) is 18.4 Å². The number of carbonyl (C=O) groups excluding carboxylic acids is 1. The molecule has 1 unspecified atom stereocenters. The van der Waals surface area contributed by atoms with Crippen LogP contribution < -0.4 is 10.9 Å². The zero-order valence-electron chi connectivity index (χ0n) is 12.7. The molecule has 1 amide bonds. The van der Waals surface area contributed by atoms with Crippen molar-refractivity contribution in [2.75, 3.05) is 13.2 Å². The summed E-state index contributed by atoms with van der Waals surface area (Å²) in [6.07, 6.45) is 1.38. The van der Waals surface area contributed by atoms with Gasteiger partial charge in [-0.25, -0.2) is 0 Å². The average molecular weight is 300 g/mol. The van der Waals surface area contributed by atoms with Crippen molar-refractivity contribution in [3.8, 4) is 0 Å². The van der Waals surface area contributed by atoms with E-state index in [1.54, 1.807) is 4.57 Å². The summed E-state index contributed by atoms with van der Waals surface area (Å²) in [7, 11) is 0. The summed E-state index contributed by atoms with van der Waals surface area (Å²) in [4.78, 5) is 24.3. The molecule has 1 aliphatic heterocycles. The molecular formula is C17H20N2O3. The summed E-state index contributed by atoms with van der Waals surface area (Å²) in [6.45, 7) is 3.35. The third-order valence-corrected chi connectivity index (χ3v) is 4.04. The van der Waals surface area contributed by atoms with Gasteiger partial charge < -0.3 is 14.6 Å². The number of amides is 1. The predicted molar refractivity (Wildman–Crippen MR) is 84.9 cm³/mol. The quantitative estimate of drug-likeness (QED) is 0.933. The van der Waals surface area contributed by atoms with Gasteiger partial charge in [-0.3, -0.25) is 9.59 Å². The molecule has 1 fully saturated rings. The minimum Gasteiger partial charge on any atom is -0.368 e. The van der Waals surface area contributed by atoms with Gasteiger partial charge in [-0.05, 0) is 37.3 Å². The van der Waals surface area contributed by atoms with Crippen LogP contribution in [-0.2, 0) is 16.1 Å². The number of benzene rings is 1. The Bertz CT molecular complexity index is 745. The number of hydrogen-bond acceptors (Lipinski definition) is 3. The molecule has 1 N–H and O–H groups in total. The molecule has 5 heteroatoms. The first kappa shape index (κ1) is 14.8. The highest BCUT2D eigenvalue weighted by Crippen LogP contribution is 2.13. The summed E-state index contributed by atoms with van der Waals surface area (Å²) in [5, 5.41) is 3.89. The third-order valence-electron chi connectivity index (χ3n) is 4.04. The van der Waals surface area contributed by atoms with Gasteiger partial charge in [0.25, 0.3) is 5.56 Å². The highest BCUT2D eigenvalue weighted by molar-refractivity contribution is 5.81. The molecule has 0 bridgehead atoms. The minimum absolute atomic E-state index is 0.00920. The molecule has 1 saturated heterocycles. The molecule has 22 heavy (non-hydrogen) atoms. The van der Waals surface area contributed by atoms with E-state index in [0.29, 0.717) is 25.3 Å². The molecule has 1 aromatic heterocycles. The molecule has 0 aliphatic carbocycles. The van der Waals surface area contributed by atoms with Gasteiger partial charge in [0.2, 0.25) is 5.91 Å². The second-order valence-electron chi connectivity index (χ2n) is 5.64. The Kier molecular flexibility index (Phi) is 4.24. The molecule has 0 saturated carbocycles. The molecule has 0 spiro atoms. The lowest BCUT2D eigenvalue weighted by atomic mass is 10.1. The smallest absolute Gasteiger partial charge is 0.254 e. The maximum absolute atomic E-state index is 12.3. The Morgan fingerprint density at radius 2 is 2.23 bits per heavy atom. The standard InChI is InChI=1S/C17H20N2O3/c1-12-11-13-5-2-3-6-14(13)19(17(12)21)9-8-18-16(20)15-7-4-10-22-15/h2-3,5-6,11,15H,4,7-10H2,1H3,(H,18,20). The van der Waals surface area contributed by atoms with Gasteiger partial charge in [0.1, 0.15) is 6.10 Å². The van der Waals surface area contributed by atoms with E-state index >= 15 is 0 Å². The van der Waals surface area contributed by atoms with Crippen molar-refractivity contribution in [3.05, 3.63) is 46.2 Å². The van der Waals surface area contributed by atoms with Crippen LogP contribution in [0.25, 0.3) is 10.9 Å². The number of ether oxygens (including phenoxy) is 1. The molecule has 3 rings (SSSR count). The number of aromatic nitrogens is 1. The molecule has 0 radical (unpaired) electrons. The largest absolute Gasteiger partial charge is 0.368 e. The molecule has 5 nitrogen and oxygen atoms in total. The molecule has 1 aliphatic rings. The van der Waals surface area contributed by atoms with Crippen LogP contribution in [0.3, 0.4) is 0 Å². The van der Waals surface area contributed by atoms with Gasteiger partial charge in [0.15, 0.2) is 0 Å². The molecular weight excluding hydrogens is 280 g/mol. The second-order valence-corrected chi connectivity index (χ2v) is 5.64. The lowest BCUT2D eigenvalue weighted by Gasteiger charge is -2.14. The van der Waals surface area contributed by atoms with E-state index in [1.165, 1.54) is 0 Å². The van der Waals surface area contributed by atoms with E-state index in [1.807, 2.05) is 37.3 Å². The molecule has 1 atom stereocenters. The lowest BCUT2D eigenvalue weighted by Crippen LogP contribution is -2.37. The van der Waals surface area contributed by atoms with Crippen LogP contribution in [0.4, 0.5) is 0 Å². The van der Waals surface area contributed by atoms with Crippen molar-refractivity contribution < 1.29 is 9.53 Å². The van der Waals surface area contributed by atoms with Crippen molar-refractivity contribution in [3.63, 3.8) is 0 Å². The van der Waals surface area contributed by atoms with Gasteiger partial charge in [-0.2, -0.15) is 0 Å². The summed E-state index contributed by atoms with van der Waals surface area (Å²) in [6, 6.07) is 9.69. The second kappa shape index (κ2) is 6.32. The number of hydrogen-bond donors (Lipinski definition) is 1. The van der Waals surface area contributed by atoms with Crippen LogP contribution in [-0.4, -0.2) is 29.7 Å². The van der Waals surface area contributed by atoms with Gasteiger partial charge in [-0.1, -0.05) is 18.2 Å². The number of rotatable bonds is 4. The van der Waals surface area contributed by atoms with Crippen LogP contribution >= 0.6 is 0 Å². The van der Waals surface area contributed by atoms with E-state index in [-0.39, 0.29) is 17.6 Å². The fourth-order valence-electron chi connectivity index (χ4n) is 2.88. The van der Waals surface area contributed by atoms with Gasteiger partial charge in [-0.15, -0.1) is 0 Å². The first-order valence-electron chi connectivity index (χ1n) is 7.65. The zero-order chi connectivity index (χ0) is 15.5. The Hall–Kier alpha value is -2.14. The SMILES string of the molecule is Cc1cc2ccccc2n(CCNC(=O)C2CCCO2)c1=O. The molecule has 2 heterocycles. The Balaban J connectivity index is 1.74. The van der Waals surface area contributed by atoms with Crippen LogP contribution in [0.2, 0.25) is 0 Å². The Morgan fingerprint density at radius 3 is 3.00 bits per heavy atom. The van der Waals surface area contributed by atoms with Gasteiger partial charge >= 0.3 is 0 Å². The number of nitrogens with zero attached hydrogens (tertiary/aromatic N) is 1. The maximum atomic E-state index is 12.3. The zero-order valence-corrected chi connectivity index (χ0v) is 12.7. The van der Waals surface area contributed by atoms with Crippen molar-refractivity contribution in [1.29, 1.82) is 0 Å². The number of nitrogens with one attached hydrogen (secondary N) is 1. The fourth-order valence-corrected chi connectivity index (χ4v) is 2.88. The molecule has 2 aromatic rings. The summed E-state index contributed by atoms with van der Waals surface area (Å²) < 4.78 is 7.07. The third kappa shape index (κ3) is 2.90. The first-order chi connectivity index (χ1) is 10.7. The van der Waals surface area contributed by atoms with Crippen LogP contribution in [0.5, 0.6) is 0 Å². The predicted octanol–water partition coefficient (Wildman–Crippen LogP) is 1.61. The molecule has 116 valence electrons. The van der Waals surface area contributed by atoms with Crippen molar-refractivity contribution >= 4 is 16.8 Å². The average Bonchev–Trinajstić information content (AvgIpc) is 3.05. The minimum atomic E-state index is -0.328. The fraction of sp³-hybridized carbons (Fsp3) is 0.412. The van der Waals surface area contributed by atoms with E-state index in [9.17, 15) is 9.59 Å². The highest BCUT2D eigenvalue weighted by Gasteiger charge is 2.22. The van der Waals surface area contributed by atoms with Crippen LogP contribution in [0, 0.1) is 6.92 Å². The lowest BCUT2D eigenvalue weighted by molar-refractivity contribution is -0.130. The van der Waals surface area contributed by atoms with E-state index in [2.05, 4.69) is 5.32 Å². The van der Waals surface area contributed by atoms with Crippen LogP contribution in [0.15, 0.2) is 35.1 Å². The normalized spacial score (nSPS) is 17.8. The van der Waals surface area contributed by atoms with E-state index < -0.39 is 0 Å². The number of para-hydroxylation sites is 1. The number of carbonyl (C=O) groups is 1. The van der Waals surface area contributed by atoms with E-state index in [0.717, 1.165) is 23.7 Å². The maximum Gasteiger partial charge on any atom is 0.254 e. The van der Waals surface area contributed by atoms with Crippen molar-refractivity contribution in [1.82, 2.24) is 9.88 Å². The summed E-state index contributed by atoms with van der Waals surface area (Å²) in [5.41, 5.74) is 1.60. The Labute approximate surface area is 128 Å². The summed E-state index contributed by atoms with van der Waals surface area (Å²) in [5.74, 6) is -0.0810. The Morgan fingerprint density at radius 1 is 1.41 bits per heavy atom. The number of pyridine rings is 1. The van der Waals surface area contributed by atoms with Gasteiger partial charge in [0.05, 0.1) is 5.52 Å². The van der Waals surface area contributed by atoms with Crippen molar-refractivity contribution in [2.45, 2.75) is 32.4 Å². The first-order valence-corrected chi connectivity index (χ1v) is 7.65. The summed E-state index contributed by atoms with van der Waals surface area (Å²) >= 11 is 0.